The number of fused-ring (bicyclic) bond motifs is 1. The Morgan fingerprint density at radius 3 is 2.67 bits per heavy atom. The molecule has 0 saturated heterocycles. The van der Waals surface area contributed by atoms with Gasteiger partial charge in [-0.25, -0.2) is 0 Å². The van der Waals surface area contributed by atoms with Crippen LogP contribution in [0.2, 0.25) is 5.02 Å². The van der Waals surface area contributed by atoms with Gasteiger partial charge in [-0.05, 0) is 48.2 Å². The Labute approximate surface area is 161 Å². The van der Waals surface area contributed by atoms with Crippen LogP contribution in [0.3, 0.4) is 0 Å². The van der Waals surface area contributed by atoms with Crippen molar-refractivity contribution in [2.24, 2.45) is 0 Å². The number of aliphatic hydroxyl groups is 1. The Kier molecular flexibility index (Phi) is 5.78. The number of aromatic amines is 1. The van der Waals surface area contributed by atoms with Crippen molar-refractivity contribution >= 4 is 34.1 Å². The third-order valence-electron chi connectivity index (χ3n) is 4.36. The van der Waals surface area contributed by atoms with Crippen molar-refractivity contribution in [2.75, 3.05) is 12.3 Å². The highest BCUT2D eigenvalue weighted by Crippen LogP contribution is 2.20. The van der Waals surface area contributed by atoms with E-state index in [0.717, 1.165) is 11.1 Å². The minimum atomic E-state index is -0.457. The molecule has 1 amide bonds. The van der Waals surface area contributed by atoms with Gasteiger partial charge in [0.2, 0.25) is 5.43 Å². The zero-order chi connectivity index (χ0) is 19.4. The van der Waals surface area contributed by atoms with Gasteiger partial charge in [-0.3, -0.25) is 9.59 Å². The largest absolute Gasteiger partial charge is 0.398 e. The van der Waals surface area contributed by atoms with Gasteiger partial charge < -0.3 is 21.1 Å². The standard InChI is InChI=1S/C20H20ClN3O3/c21-14-5-3-12(4-6-14)10-24-20(27)16-11-23-18-9-17(22)13(2-1-7-25)8-15(18)19(16)26/h3-6,8-9,11,25H,1-2,7,10,22H2,(H,23,26)(H,24,27). The molecular formula is C20H20ClN3O3. The van der Waals surface area contributed by atoms with Crippen LogP contribution in [0.15, 0.2) is 47.4 Å². The molecule has 0 unspecified atom stereocenters. The molecular weight excluding hydrogens is 366 g/mol. The maximum absolute atomic E-state index is 12.8. The van der Waals surface area contributed by atoms with Crippen molar-refractivity contribution < 1.29 is 9.90 Å². The summed E-state index contributed by atoms with van der Waals surface area (Å²) in [4.78, 5) is 28.2. The summed E-state index contributed by atoms with van der Waals surface area (Å²) in [7, 11) is 0. The number of carbonyl (C=O) groups is 1. The quantitative estimate of drug-likeness (QED) is 0.489. The summed E-state index contributed by atoms with van der Waals surface area (Å²) in [5, 5.41) is 12.8. The van der Waals surface area contributed by atoms with Gasteiger partial charge in [-0.15, -0.1) is 0 Å². The number of nitrogens with two attached hydrogens (primary N) is 1. The Morgan fingerprint density at radius 1 is 1.22 bits per heavy atom. The Hall–Kier alpha value is -2.83. The fourth-order valence-corrected chi connectivity index (χ4v) is 2.99. The van der Waals surface area contributed by atoms with E-state index in [2.05, 4.69) is 10.3 Å². The number of pyridine rings is 1. The van der Waals surface area contributed by atoms with E-state index in [0.29, 0.717) is 34.5 Å². The van der Waals surface area contributed by atoms with Crippen LogP contribution in [-0.4, -0.2) is 22.6 Å². The number of aryl methyl sites for hydroxylation is 1. The van der Waals surface area contributed by atoms with Gasteiger partial charge in [-0.2, -0.15) is 0 Å². The van der Waals surface area contributed by atoms with Crippen LogP contribution in [0.1, 0.15) is 27.9 Å². The highest BCUT2D eigenvalue weighted by Gasteiger charge is 2.14. The monoisotopic (exact) mass is 385 g/mol. The van der Waals surface area contributed by atoms with Crippen molar-refractivity contribution in [1.82, 2.24) is 10.3 Å². The Morgan fingerprint density at radius 2 is 1.96 bits per heavy atom. The molecule has 0 bridgehead atoms. The van der Waals surface area contributed by atoms with Crippen LogP contribution in [0.5, 0.6) is 0 Å². The molecule has 7 heteroatoms. The number of amides is 1. The number of aliphatic hydroxyl groups excluding tert-OH is 1. The normalized spacial score (nSPS) is 10.9. The summed E-state index contributed by atoms with van der Waals surface area (Å²) in [6.07, 6.45) is 2.51. The number of halogens is 1. The number of hydrogen-bond acceptors (Lipinski definition) is 4. The predicted molar refractivity (Wildman–Crippen MR) is 107 cm³/mol. The number of anilines is 1. The fraction of sp³-hybridized carbons (Fsp3) is 0.200. The Bertz CT molecular complexity index is 1030. The molecule has 6 nitrogen and oxygen atoms in total. The van der Waals surface area contributed by atoms with E-state index in [9.17, 15) is 9.59 Å². The van der Waals surface area contributed by atoms with E-state index < -0.39 is 5.91 Å². The minimum Gasteiger partial charge on any atom is -0.398 e. The van der Waals surface area contributed by atoms with Crippen LogP contribution in [0.25, 0.3) is 10.9 Å². The first-order valence-electron chi connectivity index (χ1n) is 8.57. The lowest BCUT2D eigenvalue weighted by molar-refractivity contribution is 0.0949. The number of aromatic nitrogens is 1. The number of rotatable bonds is 6. The molecule has 1 aromatic heterocycles. The molecule has 0 radical (unpaired) electrons. The topological polar surface area (TPSA) is 108 Å². The van der Waals surface area contributed by atoms with Crippen molar-refractivity contribution in [1.29, 1.82) is 0 Å². The van der Waals surface area contributed by atoms with Crippen LogP contribution < -0.4 is 16.5 Å². The molecule has 0 aliphatic heterocycles. The van der Waals surface area contributed by atoms with Crippen molar-refractivity contribution in [3.05, 3.63) is 74.5 Å². The lowest BCUT2D eigenvalue weighted by atomic mass is 10.0. The van der Waals surface area contributed by atoms with Crippen molar-refractivity contribution in [3.63, 3.8) is 0 Å². The fourth-order valence-electron chi connectivity index (χ4n) is 2.86. The van der Waals surface area contributed by atoms with E-state index in [4.69, 9.17) is 22.4 Å². The average Bonchev–Trinajstić information content (AvgIpc) is 2.66. The lowest BCUT2D eigenvalue weighted by Crippen LogP contribution is -2.28. The molecule has 5 N–H and O–H groups in total. The molecule has 3 rings (SSSR count). The lowest BCUT2D eigenvalue weighted by Gasteiger charge is -2.09. The zero-order valence-corrected chi connectivity index (χ0v) is 15.3. The number of H-pyrrole nitrogens is 1. The van der Waals surface area contributed by atoms with Crippen molar-refractivity contribution in [2.45, 2.75) is 19.4 Å². The van der Waals surface area contributed by atoms with Crippen LogP contribution in [0, 0.1) is 0 Å². The molecule has 27 heavy (non-hydrogen) atoms. The molecule has 2 aromatic carbocycles. The molecule has 3 aromatic rings. The second kappa shape index (κ2) is 8.24. The molecule has 1 heterocycles. The maximum atomic E-state index is 12.8. The van der Waals surface area contributed by atoms with Crippen LogP contribution >= 0.6 is 11.6 Å². The predicted octanol–water partition coefficient (Wildman–Crippen LogP) is 2.62. The summed E-state index contributed by atoms with van der Waals surface area (Å²) in [5.41, 5.74) is 8.46. The molecule has 140 valence electrons. The van der Waals surface area contributed by atoms with Gasteiger partial charge in [0.25, 0.3) is 5.91 Å². The van der Waals surface area contributed by atoms with Gasteiger partial charge in [-0.1, -0.05) is 23.7 Å². The number of hydrogen-bond donors (Lipinski definition) is 4. The van der Waals surface area contributed by atoms with E-state index in [1.807, 2.05) is 12.1 Å². The second-order valence-corrected chi connectivity index (χ2v) is 6.70. The van der Waals surface area contributed by atoms with Crippen LogP contribution in [0.4, 0.5) is 5.69 Å². The van der Waals surface area contributed by atoms with Gasteiger partial charge in [0.05, 0.1) is 5.52 Å². The zero-order valence-electron chi connectivity index (χ0n) is 14.6. The summed E-state index contributed by atoms with van der Waals surface area (Å²) < 4.78 is 0. The number of benzene rings is 2. The minimum absolute atomic E-state index is 0.0364. The number of carbonyl (C=O) groups excluding carboxylic acids is 1. The summed E-state index contributed by atoms with van der Waals surface area (Å²) in [6.45, 7) is 0.331. The average molecular weight is 386 g/mol. The summed E-state index contributed by atoms with van der Waals surface area (Å²) >= 11 is 5.85. The first-order chi connectivity index (χ1) is 13.0. The van der Waals surface area contributed by atoms with E-state index >= 15 is 0 Å². The highest BCUT2D eigenvalue weighted by atomic mass is 35.5. The van der Waals surface area contributed by atoms with Gasteiger partial charge in [0.1, 0.15) is 5.56 Å². The van der Waals surface area contributed by atoms with Crippen molar-refractivity contribution in [3.8, 4) is 0 Å². The first kappa shape index (κ1) is 18.9. The molecule has 0 aliphatic rings. The third kappa shape index (κ3) is 4.30. The second-order valence-electron chi connectivity index (χ2n) is 6.26. The molecule has 0 spiro atoms. The number of nitrogens with one attached hydrogen (secondary N) is 2. The van der Waals surface area contributed by atoms with E-state index in [1.54, 1.807) is 24.3 Å². The van der Waals surface area contributed by atoms with Gasteiger partial charge in [0.15, 0.2) is 0 Å². The van der Waals surface area contributed by atoms with E-state index in [1.165, 1.54) is 6.20 Å². The first-order valence-corrected chi connectivity index (χ1v) is 8.94. The highest BCUT2D eigenvalue weighted by molar-refractivity contribution is 6.30. The maximum Gasteiger partial charge on any atom is 0.257 e. The number of nitrogen functional groups attached to an aromatic ring is 1. The molecule has 0 aliphatic carbocycles. The summed E-state index contributed by atoms with van der Waals surface area (Å²) in [6, 6.07) is 10.5. The Balaban J connectivity index is 1.86. The molecule has 0 fully saturated rings. The SMILES string of the molecule is Nc1cc2[nH]cc(C(=O)NCc3ccc(Cl)cc3)c(=O)c2cc1CCCO. The molecule has 0 saturated carbocycles. The van der Waals surface area contributed by atoms with Gasteiger partial charge >= 0.3 is 0 Å². The van der Waals surface area contributed by atoms with Crippen LogP contribution in [-0.2, 0) is 13.0 Å². The van der Waals surface area contributed by atoms with Gasteiger partial charge in [0, 0.05) is 35.4 Å². The smallest absolute Gasteiger partial charge is 0.257 e. The molecule has 0 atom stereocenters. The third-order valence-corrected chi connectivity index (χ3v) is 4.61. The van der Waals surface area contributed by atoms with E-state index in [-0.39, 0.29) is 24.1 Å². The summed E-state index contributed by atoms with van der Waals surface area (Å²) in [5.74, 6) is -0.457.